The Morgan fingerprint density at radius 3 is 2.35 bits per heavy atom. The second-order valence-electron chi connectivity index (χ2n) is 3.61. The van der Waals surface area contributed by atoms with Gasteiger partial charge >= 0.3 is 5.92 Å². The zero-order valence-electron chi connectivity index (χ0n) is 9.33. The van der Waals surface area contributed by atoms with Crippen molar-refractivity contribution in [2.45, 2.75) is 19.0 Å². The highest BCUT2D eigenvalue weighted by Gasteiger charge is 2.43. The van der Waals surface area contributed by atoms with Crippen LogP contribution < -0.4 is 0 Å². The lowest BCUT2D eigenvalue weighted by Gasteiger charge is -2.19. The molecule has 0 spiro atoms. The number of hydrogen-bond acceptors (Lipinski definition) is 1. The molecular weight excluding hydrogens is 229 g/mol. The highest BCUT2D eigenvalue weighted by atomic mass is 19.3. The Labute approximate surface area is 97.9 Å². The van der Waals surface area contributed by atoms with Gasteiger partial charge in [0.15, 0.2) is 5.83 Å². The topological polar surface area (TPSA) is 20.2 Å². The molecule has 0 saturated heterocycles. The van der Waals surface area contributed by atoms with Crippen LogP contribution in [0.2, 0.25) is 0 Å². The average Bonchev–Trinajstić information content (AvgIpc) is 2.36. The molecule has 1 aromatic carbocycles. The van der Waals surface area contributed by atoms with Gasteiger partial charge in [-0.2, -0.15) is 8.78 Å². The van der Waals surface area contributed by atoms with Crippen LogP contribution in [-0.4, -0.2) is 17.1 Å². The summed E-state index contributed by atoms with van der Waals surface area (Å²) in [5, 5.41) is 9.01. The van der Waals surface area contributed by atoms with E-state index in [2.05, 4.69) is 6.58 Å². The summed E-state index contributed by atoms with van der Waals surface area (Å²) >= 11 is 0. The Kier molecular flexibility index (Phi) is 4.12. The van der Waals surface area contributed by atoms with Crippen LogP contribution in [0.5, 0.6) is 0 Å². The van der Waals surface area contributed by atoms with E-state index in [1.807, 2.05) is 0 Å². The quantitative estimate of drug-likeness (QED) is 0.800. The molecule has 0 saturated carbocycles. The minimum atomic E-state index is -3.96. The second-order valence-corrected chi connectivity index (χ2v) is 3.61. The predicted molar refractivity (Wildman–Crippen MR) is 61.3 cm³/mol. The standard InChI is InChI=1S/C13H13F3O/c1-3-11(17)13(15,16)12(14)9(2)10-7-5-4-6-8-10/h3-8,11,17H,1H2,2H3/b12-9-. The van der Waals surface area contributed by atoms with E-state index in [0.29, 0.717) is 11.6 Å². The fourth-order valence-corrected chi connectivity index (χ4v) is 1.34. The first-order valence-electron chi connectivity index (χ1n) is 5.02. The molecule has 0 heterocycles. The minimum absolute atomic E-state index is 0.198. The van der Waals surface area contributed by atoms with Crippen molar-refractivity contribution in [3.63, 3.8) is 0 Å². The molecule has 4 heteroatoms. The van der Waals surface area contributed by atoms with Gasteiger partial charge in [0.1, 0.15) is 6.10 Å². The highest BCUT2D eigenvalue weighted by molar-refractivity contribution is 5.66. The van der Waals surface area contributed by atoms with Crippen LogP contribution in [0.4, 0.5) is 13.2 Å². The van der Waals surface area contributed by atoms with E-state index in [1.165, 1.54) is 19.1 Å². The van der Waals surface area contributed by atoms with Crippen molar-refractivity contribution in [1.29, 1.82) is 0 Å². The molecule has 0 aliphatic rings. The third-order valence-corrected chi connectivity index (χ3v) is 2.42. The smallest absolute Gasteiger partial charge is 0.327 e. The summed E-state index contributed by atoms with van der Waals surface area (Å²) < 4.78 is 40.4. The van der Waals surface area contributed by atoms with Crippen molar-refractivity contribution in [2.75, 3.05) is 0 Å². The molecule has 1 unspecified atom stereocenters. The van der Waals surface area contributed by atoms with Crippen LogP contribution in [-0.2, 0) is 0 Å². The maximum absolute atomic E-state index is 13.6. The van der Waals surface area contributed by atoms with Gasteiger partial charge in [-0.1, -0.05) is 36.4 Å². The molecule has 1 N–H and O–H groups in total. The zero-order valence-corrected chi connectivity index (χ0v) is 9.33. The molecule has 0 aliphatic carbocycles. The van der Waals surface area contributed by atoms with Gasteiger partial charge in [-0.05, 0) is 18.1 Å². The molecule has 0 bridgehead atoms. The second kappa shape index (κ2) is 5.19. The molecule has 0 radical (unpaired) electrons. The maximum Gasteiger partial charge on any atom is 0.327 e. The molecule has 0 aliphatic heterocycles. The molecule has 17 heavy (non-hydrogen) atoms. The highest BCUT2D eigenvalue weighted by Crippen LogP contribution is 2.35. The van der Waals surface area contributed by atoms with Crippen LogP contribution in [0.3, 0.4) is 0 Å². The van der Waals surface area contributed by atoms with Crippen LogP contribution in [0.15, 0.2) is 48.8 Å². The first-order valence-corrected chi connectivity index (χ1v) is 5.02. The molecule has 1 aromatic rings. The van der Waals surface area contributed by atoms with Crippen molar-refractivity contribution in [2.24, 2.45) is 0 Å². The van der Waals surface area contributed by atoms with Crippen molar-refractivity contribution in [3.8, 4) is 0 Å². The number of benzene rings is 1. The van der Waals surface area contributed by atoms with Gasteiger partial charge in [0.25, 0.3) is 0 Å². The number of rotatable bonds is 4. The largest absolute Gasteiger partial charge is 0.382 e. The van der Waals surface area contributed by atoms with Gasteiger partial charge in [-0.25, -0.2) is 4.39 Å². The molecule has 0 fully saturated rings. The van der Waals surface area contributed by atoms with Crippen LogP contribution in [0.25, 0.3) is 5.57 Å². The Bertz CT molecular complexity index is 424. The third kappa shape index (κ3) is 2.77. The van der Waals surface area contributed by atoms with Gasteiger partial charge in [-0.3, -0.25) is 0 Å². The van der Waals surface area contributed by atoms with Gasteiger partial charge in [0.2, 0.25) is 0 Å². The van der Waals surface area contributed by atoms with E-state index in [-0.39, 0.29) is 5.57 Å². The van der Waals surface area contributed by atoms with E-state index < -0.39 is 17.9 Å². The summed E-state index contributed by atoms with van der Waals surface area (Å²) in [4.78, 5) is 0. The van der Waals surface area contributed by atoms with E-state index >= 15 is 0 Å². The fourth-order valence-electron chi connectivity index (χ4n) is 1.34. The normalized spacial score (nSPS) is 15.1. The van der Waals surface area contributed by atoms with Gasteiger partial charge in [0, 0.05) is 0 Å². The monoisotopic (exact) mass is 242 g/mol. The Morgan fingerprint density at radius 2 is 1.88 bits per heavy atom. The minimum Gasteiger partial charge on any atom is -0.382 e. The summed E-state index contributed by atoms with van der Waals surface area (Å²) in [5.74, 6) is -5.60. The average molecular weight is 242 g/mol. The number of hydrogen-bond donors (Lipinski definition) is 1. The van der Waals surface area contributed by atoms with E-state index in [9.17, 15) is 13.2 Å². The van der Waals surface area contributed by atoms with Gasteiger partial charge < -0.3 is 5.11 Å². The lowest BCUT2D eigenvalue weighted by atomic mass is 10.0. The van der Waals surface area contributed by atoms with Crippen molar-refractivity contribution < 1.29 is 18.3 Å². The molecule has 0 amide bonds. The van der Waals surface area contributed by atoms with Crippen LogP contribution >= 0.6 is 0 Å². The number of aliphatic hydroxyl groups excluding tert-OH is 1. The predicted octanol–water partition coefficient (Wildman–Crippen LogP) is 3.57. The summed E-state index contributed by atoms with van der Waals surface area (Å²) in [6.45, 7) is 4.27. The lowest BCUT2D eigenvalue weighted by molar-refractivity contribution is -0.0691. The number of alkyl halides is 2. The number of halogens is 3. The van der Waals surface area contributed by atoms with Gasteiger partial charge in [-0.15, -0.1) is 6.58 Å². The molecule has 92 valence electrons. The van der Waals surface area contributed by atoms with Crippen molar-refractivity contribution in [1.82, 2.24) is 0 Å². The van der Waals surface area contributed by atoms with Gasteiger partial charge in [0.05, 0.1) is 0 Å². The number of allylic oxidation sites excluding steroid dienone is 1. The SMILES string of the molecule is C=CC(O)C(F)(F)/C(F)=C(\C)c1ccccc1. The summed E-state index contributed by atoms with van der Waals surface area (Å²) in [6.07, 6.45) is -1.63. The molecule has 1 rings (SSSR count). The first-order chi connectivity index (χ1) is 7.91. The first kappa shape index (κ1) is 13.5. The molecule has 1 nitrogen and oxygen atoms in total. The molecule has 1 atom stereocenters. The maximum atomic E-state index is 13.6. The van der Waals surface area contributed by atoms with Crippen molar-refractivity contribution in [3.05, 3.63) is 54.4 Å². The molecule has 0 aromatic heterocycles. The van der Waals surface area contributed by atoms with E-state index in [4.69, 9.17) is 5.11 Å². The van der Waals surface area contributed by atoms with Crippen LogP contribution in [0, 0.1) is 0 Å². The summed E-state index contributed by atoms with van der Waals surface area (Å²) in [7, 11) is 0. The Balaban J connectivity index is 3.18. The Hall–Kier alpha value is -1.55. The zero-order chi connectivity index (χ0) is 13.1. The summed E-state index contributed by atoms with van der Waals surface area (Å²) in [6, 6.07) is 7.98. The van der Waals surface area contributed by atoms with Crippen molar-refractivity contribution >= 4 is 5.57 Å². The molecular formula is C13H13F3O. The van der Waals surface area contributed by atoms with Crippen LogP contribution in [0.1, 0.15) is 12.5 Å². The summed E-state index contributed by atoms with van der Waals surface area (Å²) in [5.41, 5.74) is 0.150. The Morgan fingerprint density at radius 1 is 1.35 bits per heavy atom. The van der Waals surface area contributed by atoms with E-state index in [0.717, 1.165) is 0 Å². The van der Waals surface area contributed by atoms with E-state index in [1.54, 1.807) is 18.2 Å². The number of aliphatic hydroxyl groups is 1. The third-order valence-electron chi connectivity index (χ3n) is 2.42. The lowest BCUT2D eigenvalue weighted by Crippen LogP contribution is -2.32. The fraction of sp³-hybridized carbons (Fsp3) is 0.231.